The number of nitrogens with one attached hydrogen (secondary N) is 1. The van der Waals surface area contributed by atoms with Gasteiger partial charge < -0.3 is 5.32 Å². The maximum Gasteiger partial charge on any atom is 0.0570 e. The number of hydrogen-bond acceptors (Lipinski definition) is 2. The van der Waals surface area contributed by atoms with Gasteiger partial charge in [0.15, 0.2) is 0 Å². The third kappa shape index (κ3) is 3.07. The highest BCUT2D eigenvalue weighted by Gasteiger charge is 2.33. The van der Waals surface area contributed by atoms with E-state index in [0.29, 0.717) is 6.04 Å². The first-order chi connectivity index (χ1) is 9.74. The van der Waals surface area contributed by atoms with Gasteiger partial charge in [-0.3, -0.25) is 4.98 Å². The Labute approximate surface area is 121 Å². The highest BCUT2D eigenvalue weighted by molar-refractivity contribution is 5.26. The lowest BCUT2D eigenvalue weighted by Crippen LogP contribution is -2.26. The standard InChI is InChI=1S/C18H22N2/c1-13-6-8-15(9-7-13)18(16-10-11-16)20-14(2)17-5-3-4-12-19-17/h3-9,12,14,16,18,20H,10-11H2,1-2H3/t14-,18?/m0/s1. The molecule has 1 fully saturated rings. The molecule has 1 aromatic heterocycles. The first-order valence-corrected chi connectivity index (χ1v) is 7.47. The van der Waals surface area contributed by atoms with Crippen LogP contribution in [0.4, 0.5) is 0 Å². The van der Waals surface area contributed by atoms with Crippen LogP contribution in [0.15, 0.2) is 48.7 Å². The second-order valence-corrected chi connectivity index (χ2v) is 5.87. The van der Waals surface area contributed by atoms with Crippen molar-refractivity contribution < 1.29 is 0 Å². The molecule has 104 valence electrons. The summed E-state index contributed by atoms with van der Waals surface area (Å²) in [4.78, 5) is 4.46. The Kier molecular flexibility index (Phi) is 3.83. The SMILES string of the molecule is Cc1ccc(C(N[C@@H](C)c2ccccn2)C2CC2)cc1. The van der Waals surface area contributed by atoms with Crippen LogP contribution in [0.25, 0.3) is 0 Å². The summed E-state index contributed by atoms with van der Waals surface area (Å²) in [6.45, 7) is 4.34. The fraction of sp³-hybridized carbons (Fsp3) is 0.389. The van der Waals surface area contributed by atoms with Gasteiger partial charge in [0.25, 0.3) is 0 Å². The lowest BCUT2D eigenvalue weighted by atomic mass is 9.99. The molecular weight excluding hydrogens is 244 g/mol. The van der Waals surface area contributed by atoms with Crippen molar-refractivity contribution in [3.05, 3.63) is 65.5 Å². The quantitative estimate of drug-likeness (QED) is 0.877. The molecule has 2 heteroatoms. The topological polar surface area (TPSA) is 24.9 Å². The second-order valence-electron chi connectivity index (χ2n) is 5.87. The van der Waals surface area contributed by atoms with Gasteiger partial charge in [-0.05, 0) is 50.3 Å². The normalized spacial score (nSPS) is 17.7. The van der Waals surface area contributed by atoms with Crippen LogP contribution in [0.3, 0.4) is 0 Å². The van der Waals surface area contributed by atoms with Gasteiger partial charge in [0.1, 0.15) is 0 Å². The van der Waals surface area contributed by atoms with Crippen LogP contribution in [-0.4, -0.2) is 4.98 Å². The molecule has 2 aromatic rings. The van der Waals surface area contributed by atoms with E-state index in [1.165, 1.54) is 24.0 Å². The Morgan fingerprint density at radius 3 is 2.45 bits per heavy atom. The summed E-state index contributed by atoms with van der Waals surface area (Å²) in [6.07, 6.45) is 4.53. The van der Waals surface area contributed by atoms with Gasteiger partial charge in [-0.2, -0.15) is 0 Å². The van der Waals surface area contributed by atoms with Gasteiger partial charge in [-0.15, -0.1) is 0 Å². The largest absolute Gasteiger partial charge is 0.302 e. The molecule has 1 aromatic carbocycles. The van der Waals surface area contributed by atoms with Gasteiger partial charge >= 0.3 is 0 Å². The molecule has 0 aliphatic heterocycles. The molecule has 2 atom stereocenters. The second kappa shape index (κ2) is 5.76. The van der Waals surface area contributed by atoms with Gasteiger partial charge in [0.2, 0.25) is 0 Å². The first kappa shape index (κ1) is 13.3. The Hall–Kier alpha value is -1.67. The van der Waals surface area contributed by atoms with Crippen LogP contribution in [0.2, 0.25) is 0 Å². The molecular formula is C18H22N2. The van der Waals surface area contributed by atoms with Crippen molar-refractivity contribution >= 4 is 0 Å². The van der Waals surface area contributed by atoms with E-state index in [9.17, 15) is 0 Å². The number of aryl methyl sites for hydroxylation is 1. The Balaban J connectivity index is 1.76. The number of pyridine rings is 1. The summed E-state index contributed by atoms with van der Waals surface area (Å²) in [5.74, 6) is 0.781. The highest BCUT2D eigenvalue weighted by atomic mass is 15.0. The molecule has 1 unspecified atom stereocenters. The van der Waals surface area contributed by atoms with Crippen LogP contribution in [0.1, 0.15) is 48.7 Å². The van der Waals surface area contributed by atoms with Gasteiger partial charge in [0.05, 0.1) is 5.69 Å². The summed E-state index contributed by atoms with van der Waals surface area (Å²) in [7, 11) is 0. The fourth-order valence-corrected chi connectivity index (χ4v) is 2.69. The molecule has 0 bridgehead atoms. The third-order valence-electron chi connectivity index (χ3n) is 4.09. The van der Waals surface area contributed by atoms with Gasteiger partial charge in [-0.1, -0.05) is 35.9 Å². The lowest BCUT2D eigenvalue weighted by molar-refractivity contribution is 0.422. The van der Waals surface area contributed by atoms with E-state index in [4.69, 9.17) is 0 Å². The first-order valence-electron chi connectivity index (χ1n) is 7.47. The number of aromatic nitrogens is 1. The third-order valence-corrected chi connectivity index (χ3v) is 4.09. The Morgan fingerprint density at radius 1 is 1.10 bits per heavy atom. The zero-order valence-corrected chi connectivity index (χ0v) is 12.2. The van der Waals surface area contributed by atoms with Crippen LogP contribution in [0.5, 0.6) is 0 Å². The summed E-state index contributed by atoms with van der Waals surface area (Å²) in [5, 5.41) is 3.77. The van der Waals surface area contributed by atoms with Crippen molar-refractivity contribution in [2.24, 2.45) is 5.92 Å². The van der Waals surface area contributed by atoms with Crippen molar-refractivity contribution in [2.75, 3.05) is 0 Å². The van der Waals surface area contributed by atoms with E-state index >= 15 is 0 Å². The highest BCUT2D eigenvalue weighted by Crippen LogP contribution is 2.42. The molecule has 1 aliphatic rings. The predicted octanol–water partition coefficient (Wildman–Crippen LogP) is 4.19. The lowest BCUT2D eigenvalue weighted by Gasteiger charge is -2.23. The molecule has 0 amide bonds. The van der Waals surface area contributed by atoms with E-state index in [0.717, 1.165) is 11.6 Å². The monoisotopic (exact) mass is 266 g/mol. The molecule has 3 rings (SSSR count). The fourth-order valence-electron chi connectivity index (χ4n) is 2.69. The van der Waals surface area contributed by atoms with Crippen molar-refractivity contribution in [2.45, 2.75) is 38.8 Å². The summed E-state index contributed by atoms with van der Waals surface area (Å²) < 4.78 is 0. The van der Waals surface area contributed by atoms with Crippen LogP contribution < -0.4 is 5.32 Å². The zero-order chi connectivity index (χ0) is 13.9. The molecule has 0 radical (unpaired) electrons. The summed E-state index contributed by atoms with van der Waals surface area (Å²) in [6, 6.07) is 15.8. The smallest absolute Gasteiger partial charge is 0.0570 e. The minimum Gasteiger partial charge on any atom is -0.302 e. The van der Waals surface area contributed by atoms with Gasteiger partial charge in [-0.25, -0.2) is 0 Å². The average molecular weight is 266 g/mol. The van der Waals surface area contributed by atoms with E-state index < -0.39 is 0 Å². The number of hydrogen-bond donors (Lipinski definition) is 1. The molecule has 0 spiro atoms. The van der Waals surface area contributed by atoms with Crippen molar-refractivity contribution in [3.63, 3.8) is 0 Å². The van der Waals surface area contributed by atoms with Crippen molar-refractivity contribution in [3.8, 4) is 0 Å². The summed E-state index contributed by atoms with van der Waals surface area (Å²) in [5.41, 5.74) is 3.84. The number of nitrogens with zero attached hydrogens (tertiary/aromatic N) is 1. The van der Waals surface area contributed by atoms with Crippen LogP contribution >= 0.6 is 0 Å². The summed E-state index contributed by atoms with van der Waals surface area (Å²) >= 11 is 0. The molecule has 1 aliphatic carbocycles. The van der Waals surface area contributed by atoms with Crippen molar-refractivity contribution in [1.29, 1.82) is 0 Å². The Morgan fingerprint density at radius 2 is 1.85 bits per heavy atom. The maximum atomic E-state index is 4.46. The van der Waals surface area contributed by atoms with E-state index in [2.05, 4.69) is 60.5 Å². The van der Waals surface area contributed by atoms with Crippen molar-refractivity contribution in [1.82, 2.24) is 10.3 Å². The molecule has 2 nitrogen and oxygen atoms in total. The van der Waals surface area contributed by atoms with Crippen LogP contribution in [0, 0.1) is 12.8 Å². The van der Waals surface area contributed by atoms with E-state index in [-0.39, 0.29) is 6.04 Å². The predicted molar refractivity (Wildman–Crippen MR) is 82.4 cm³/mol. The molecule has 20 heavy (non-hydrogen) atoms. The maximum absolute atomic E-state index is 4.46. The molecule has 0 saturated heterocycles. The Bertz CT molecular complexity index is 543. The minimum atomic E-state index is 0.281. The molecule has 1 saturated carbocycles. The van der Waals surface area contributed by atoms with Crippen LogP contribution in [-0.2, 0) is 0 Å². The minimum absolute atomic E-state index is 0.281. The average Bonchev–Trinajstić information content (AvgIpc) is 3.31. The van der Waals surface area contributed by atoms with E-state index in [1.54, 1.807) is 0 Å². The molecule has 1 heterocycles. The number of rotatable bonds is 5. The van der Waals surface area contributed by atoms with Gasteiger partial charge in [0, 0.05) is 18.3 Å². The molecule has 1 N–H and O–H groups in total. The zero-order valence-electron chi connectivity index (χ0n) is 12.2. The van der Waals surface area contributed by atoms with E-state index in [1.807, 2.05) is 12.3 Å². The number of benzene rings is 1.